The summed E-state index contributed by atoms with van der Waals surface area (Å²) in [6, 6.07) is 0.118. The van der Waals surface area contributed by atoms with Crippen LogP contribution in [-0.4, -0.2) is 24.2 Å². The zero-order valence-electron chi connectivity index (χ0n) is 7.42. The molecule has 0 rings (SSSR count). The number of carboxylic acids is 1. The van der Waals surface area contributed by atoms with Gasteiger partial charge in [0, 0.05) is 6.04 Å². The molecule has 0 amide bonds. The third kappa shape index (κ3) is 5.85. The van der Waals surface area contributed by atoms with E-state index in [0.29, 0.717) is 5.92 Å². The highest BCUT2D eigenvalue weighted by atomic mass is 16.4. The minimum atomic E-state index is -0.731. The van der Waals surface area contributed by atoms with Crippen LogP contribution in [0.1, 0.15) is 26.7 Å². The van der Waals surface area contributed by atoms with Gasteiger partial charge in [0.05, 0.1) is 6.42 Å². The van der Waals surface area contributed by atoms with Crippen LogP contribution < -0.4 is 5.32 Å². The van der Waals surface area contributed by atoms with Crippen LogP contribution in [0.4, 0.5) is 0 Å². The third-order valence-corrected chi connectivity index (χ3v) is 1.59. The zero-order valence-corrected chi connectivity index (χ0v) is 7.42. The second kappa shape index (κ2) is 5.13. The van der Waals surface area contributed by atoms with Crippen molar-refractivity contribution in [2.75, 3.05) is 7.05 Å². The molecule has 66 valence electrons. The highest BCUT2D eigenvalue weighted by Crippen LogP contribution is 2.06. The van der Waals surface area contributed by atoms with Crippen LogP contribution in [0.3, 0.4) is 0 Å². The van der Waals surface area contributed by atoms with Gasteiger partial charge < -0.3 is 10.4 Å². The second-order valence-electron chi connectivity index (χ2n) is 3.21. The average molecular weight is 159 g/mol. The van der Waals surface area contributed by atoms with Gasteiger partial charge in [-0.25, -0.2) is 0 Å². The summed E-state index contributed by atoms with van der Waals surface area (Å²) in [5.41, 5.74) is 0. The fourth-order valence-corrected chi connectivity index (χ4v) is 1.08. The van der Waals surface area contributed by atoms with Gasteiger partial charge in [0.2, 0.25) is 0 Å². The molecule has 0 spiro atoms. The molecule has 0 bridgehead atoms. The molecule has 0 saturated heterocycles. The Kier molecular flexibility index (Phi) is 4.86. The van der Waals surface area contributed by atoms with Gasteiger partial charge in [-0.15, -0.1) is 0 Å². The quantitative estimate of drug-likeness (QED) is 0.631. The van der Waals surface area contributed by atoms with Crippen molar-refractivity contribution in [3.63, 3.8) is 0 Å². The van der Waals surface area contributed by atoms with Crippen molar-refractivity contribution in [1.82, 2.24) is 5.32 Å². The van der Waals surface area contributed by atoms with E-state index < -0.39 is 5.97 Å². The Morgan fingerprint density at radius 1 is 1.55 bits per heavy atom. The lowest BCUT2D eigenvalue weighted by molar-refractivity contribution is -0.137. The summed E-state index contributed by atoms with van der Waals surface area (Å²) in [6.07, 6.45) is 1.14. The van der Waals surface area contributed by atoms with Crippen LogP contribution >= 0.6 is 0 Å². The number of hydrogen-bond donors (Lipinski definition) is 2. The molecule has 0 aliphatic rings. The smallest absolute Gasteiger partial charge is 0.304 e. The molecule has 0 radical (unpaired) electrons. The Morgan fingerprint density at radius 2 is 2.09 bits per heavy atom. The van der Waals surface area contributed by atoms with E-state index in [1.54, 1.807) is 7.05 Å². The van der Waals surface area contributed by atoms with E-state index in [1.807, 2.05) is 0 Å². The van der Waals surface area contributed by atoms with Crippen molar-refractivity contribution in [2.24, 2.45) is 5.92 Å². The van der Waals surface area contributed by atoms with Crippen LogP contribution in [0.2, 0.25) is 0 Å². The van der Waals surface area contributed by atoms with Crippen molar-refractivity contribution in [1.29, 1.82) is 0 Å². The topological polar surface area (TPSA) is 49.3 Å². The standard InChI is InChI=1S/C8H17NO2/c1-6(2)4-7(9-3)5-8(10)11/h6-7,9H,4-5H2,1-3H3,(H,10,11)/t7-/m1/s1. The Bertz CT molecular complexity index is 123. The maximum Gasteiger partial charge on any atom is 0.304 e. The molecule has 0 fully saturated rings. The number of hydrogen-bond acceptors (Lipinski definition) is 2. The molecule has 2 N–H and O–H groups in total. The van der Waals surface area contributed by atoms with Crippen molar-refractivity contribution in [3.8, 4) is 0 Å². The fourth-order valence-electron chi connectivity index (χ4n) is 1.08. The van der Waals surface area contributed by atoms with Crippen molar-refractivity contribution in [3.05, 3.63) is 0 Å². The van der Waals surface area contributed by atoms with Crippen LogP contribution in [0.25, 0.3) is 0 Å². The molecule has 1 atom stereocenters. The Morgan fingerprint density at radius 3 is 2.36 bits per heavy atom. The van der Waals surface area contributed by atoms with E-state index in [0.717, 1.165) is 6.42 Å². The highest BCUT2D eigenvalue weighted by Gasteiger charge is 2.11. The van der Waals surface area contributed by atoms with E-state index in [1.165, 1.54) is 0 Å². The van der Waals surface area contributed by atoms with Gasteiger partial charge in [0.25, 0.3) is 0 Å². The molecule has 3 nitrogen and oxygen atoms in total. The van der Waals surface area contributed by atoms with Gasteiger partial charge in [-0.2, -0.15) is 0 Å². The lowest BCUT2D eigenvalue weighted by Gasteiger charge is -2.15. The monoisotopic (exact) mass is 159 g/mol. The van der Waals surface area contributed by atoms with E-state index in [-0.39, 0.29) is 12.5 Å². The third-order valence-electron chi connectivity index (χ3n) is 1.59. The van der Waals surface area contributed by atoms with Gasteiger partial charge in [0.1, 0.15) is 0 Å². The zero-order chi connectivity index (χ0) is 8.85. The molecule has 0 aromatic rings. The summed E-state index contributed by atoms with van der Waals surface area (Å²) in [5, 5.41) is 11.5. The SMILES string of the molecule is CN[C@@H](CC(=O)O)CC(C)C. The maximum absolute atomic E-state index is 10.3. The van der Waals surface area contributed by atoms with Gasteiger partial charge >= 0.3 is 5.97 Å². The lowest BCUT2D eigenvalue weighted by atomic mass is 10.0. The first-order valence-electron chi connectivity index (χ1n) is 3.95. The molecule has 11 heavy (non-hydrogen) atoms. The molecule has 0 aliphatic heterocycles. The predicted octanol–water partition coefficient (Wildman–Crippen LogP) is 1.10. The molecule has 0 saturated carbocycles. The minimum absolute atomic E-state index is 0.118. The first-order valence-corrected chi connectivity index (χ1v) is 3.95. The first-order chi connectivity index (χ1) is 5.06. The lowest BCUT2D eigenvalue weighted by Crippen LogP contribution is -2.29. The number of aliphatic carboxylic acids is 1. The first kappa shape index (κ1) is 10.4. The van der Waals surface area contributed by atoms with E-state index in [9.17, 15) is 4.79 Å². The predicted molar refractivity (Wildman–Crippen MR) is 44.6 cm³/mol. The summed E-state index contributed by atoms with van der Waals surface area (Å²) < 4.78 is 0. The normalized spacial score (nSPS) is 13.5. The van der Waals surface area contributed by atoms with E-state index in [4.69, 9.17) is 5.11 Å². The van der Waals surface area contributed by atoms with Crippen LogP contribution in [0.15, 0.2) is 0 Å². The second-order valence-corrected chi connectivity index (χ2v) is 3.21. The largest absolute Gasteiger partial charge is 0.481 e. The summed E-state index contributed by atoms with van der Waals surface area (Å²) in [4.78, 5) is 10.3. The molecule has 0 unspecified atom stereocenters. The summed E-state index contributed by atoms with van der Waals surface area (Å²) in [6.45, 7) is 4.18. The number of carbonyl (C=O) groups is 1. The maximum atomic E-state index is 10.3. The van der Waals surface area contributed by atoms with Gasteiger partial charge in [-0.05, 0) is 19.4 Å². The number of rotatable bonds is 5. The number of carboxylic acid groups (broad SMARTS) is 1. The van der Waals surface area contributed by atoms with Gasteiger partial charge in [-0.3, -0.25) is 4.79 Å². The molecular weight excluding hydrogens is 142 g/mol. The van der Waals surface area contributed by atoms with Crippen LogP contribution in [0.5, 0.6) is 0 Å². The molecular formula is C8H17NO2. The summed E-state index contributed by atoms with van der Waals surface area (Å²) in [5.74, 6) is -0.184. The van der Waals surface area contributed by atoms with Crippen molar-refractivity contribution < 1.29 is 9.90 Å². The Hall–Kier alpha value is -0.570. The molecule has 0 heterocycles. The molecule has 3 heteroatoms. The van der Waals surface area contributed by atoms with Crippen LogP contribution in [0, 0.1) is 5.92 Å². The Labute approximate surface area is 67.8 Å². The van der Waals surface area contributed by atoms with E-state index >= 15 is 0 Å². The van der Waals surface area contributed by atoms with Gasteiger partial charge in [-0.1, -0.05) is 13.8 Å². The van der Waals surface area contributed by atoms with Crippen molar-refractivity contribution in [2.45, 2.75) is 32.7 Å². The molecule has 0 aromatic heterocycles. The fraction of sp³-hybridized carbons (Fsp3) is 0.875. The minimum Gasteiger partial charge on any atom is -0.481 e. The molecule has 0 aromatic carbocycles. The Balaban J connectivity index is 3.66. The van der Waals surface area contributed by atoms with Crippen LogP contribution in [-0.2, 0) is 4.79 Å². The number of nitrogens with one attached hydrogen (secondary N) is 1. The highest BCUT2D eigenvalue weighted by molar-refractivity contribution is 5.67. The van der Waals surface area contributed by atoms with Gasteiger partial charge in [0.15, 0.2) is 0 Å². The van der Waals surface area contributed by atoms with E-state index in [2.05, 4.69) is 19.2 Å². The molecule has 0 aliphatic carbocycles. The average Bonchev–Trinajstić information content (AvgIpc) is 1.84. The summed E-state index contributed by atoms with van der Waals surface area (Å²) in [7, 11) is 1.80. The summed E-state index contributed by atoms with van der Waals surface area (Å²) >= 11 is 0. The van der Waals surface area contributed by atoms with Crippen molar-refractivity contribution >= 4 is 5.97 Å².